The molecule has 0 saturated carbocycles. The fourth-order valence-electron chi connectivity index (χ4n) is 1.85. The number of carbonyl (C=O) groups is 1. The van der Waals surface area contributed by atoms with Crippen LogP contribution in [0.15, 0.2) is 0 Å². The fraction of sp³-hybridized carbons (Fsp3) is 0.812. The van der Waals surface area contributed by atoms with Crippen LogP contribution in [0.2, 0.25) is 37.8 Å². The number of hydrogen-bond donors (Lipinski definition) is 0. The molecular weight excluding hydrogens is 296 g/mol. The Morgan fingerprint density at radius 3 is 2.29 bits per heavy atom. The van der Waals surface area contributed by atoms with Gasteiger partial charge < -0.3 is 9.16 Å². The highest BCUT2D eigenvalue weighted by atomic mass is 28.4. The standard InChI is InChI=1S/C16H30O3Si2/c1-16(2,3)21(7,8)19-14-12-18-15(17)13(14)10-9-11-20(4,5)6/h13-14H,10,12H2,1-8H3/t13-,14-/m0/s1. The quantitative estimate of drug-likeness (QED) is 0.449. The third kappa shape index (κ3) is 5.28. The van der Waals surface area contributed by atoms with Gasteiger partial charge in [-0.25, -0.2) is 0 Å². The minimum Gasteiger partial charge on any atom is -0.463 e. The van der Waals surface area contributed by atoms with Crippen LogP contribution in [0.1, 0.15) is 27.2 Å². The summed E-state index contributed by atoms with van der Waals surface area (Å²) in [6, 6.07) is 0. The predicted octanol–water partition coefficient (Wildman–Crippen LogP) is 3.82. The Morgan fingerprint density at radius 2 is 1.81 bits per heavy atom. The zero-order chi connectivity index (χ0) is 16.5. The molecule has 1 heterocycles. The Labute approximate surface area is 131 Å². The van der Waals surface area contributed by atoms with Gasteiger partial charge in [-0.2, -0.15) is 0 Å². The number of carbonyl (C=O) groups excluding carboxylic acids is 1. The van der Waals surface area contributed by atoms with Crippen LogP contribution in [0, 0.1) is 17.4 Å². The molecule has 5 heteroatoms. The normalized spacial score (nSPS) is 23.5. The molecule has 2 atom stereocenters. The zero-order valence-electron chi connectivity index (χ0n) is 14.8. The van der Waals surface area contributed by atoms with Crippen LogP contribution < -0.4 is 0 Å². The lowest BCUT2D eigenvalue weighted by molar-refractivity contribution is -0.141. The van der Waals surface area contributed by atoms with Gasteiger partial charge >= 0.3 is 5.97 Å². The molecule has 21 heavy (non-hydrogen) atoms. The average molecular weight is 327 g/mol. The fourth-order valence-corrected chi connectivity index (χ4v) is 3.83. The van der Waals surface area contributed by atoms with Gasteiger partial charge in [0.25, 0.3) is 0 Å². The van der Waals surface area contributed by atoms with Crippen molar-refractivity contribution in [3.8, 4) is 11.5 Å². The van der Waals surface area contributed by atoms with Gasteiger partial charge in [-0.05, 0) is 18.1 Å². The molecule has 1 rings (SSSR count). The summed E-state index contributed by atoms with van der Waals surface area (Å²) in [5.74, 6) is 2.83. The molecule has 0 aliphatic carbocycles. The summed E-state index contributed by atoms with van der Waals surface area (Å²) in [6.45, 7) is 18.0. The Morgan fingerprint density at radius 1 is 1.24 bits per heavy atom. The van der Waals surface area contributed by atoms with E-state index in [4.69, 9.17) is 9.16 Å². The van der Waals surface area contributed by atoms with E-state index in [0.29, 0.717) is 13.0 Å². The summed E-state index contributed by atoms with van der Waals surface area (Å²) in [5, 5.41) is 0.132. The molecular formula is C16H30O3Si2. The van der Waals surface area contributed by atoms with Crippen molar-refractivity contribution in [1.29, 1.82) is 0 Å². The summed E-state index contributed by atoms with van der Waals surface area (Å²) in [6.07, 6.45) is 0.428. The number of esters is 1. The second-order valence-electron chi connectivity index (χ2n) is 8.41. The highest BCUT2D eigenvalue weighted by Gasteiger charge is 2.45. The minimum atomic E-state index is -1.89. The van der Waals surface area contributed by atoms with Gasteiger partial charge in [0.15, 0.2) is 8.32 Å². The SMILES string of the molecule is CC(C)(C)[Si](C)(C)O[C@H]1COC(=O)[C@H]1CC#C[Si](C)(C)C. The van der Waals surface area contributed by atoms with Crippen molar-refractivity contribution < 1.29 is 14.0 Å². The first-order chi connectivity index (χ1) is 9.33. The van der Waals surface area contributed by atoms with Crippen LogP contribution in [0.3, 0.4) is 0 Å². The summed E-state index contributed by atoms with van der Waals surface area (Å²) < 4.78 is 11.6. The maximum absolute atomic E-state index is 11.9. The van der Waals surface area contributed by atoms with Crippen molar-refractivity contribution in [2.75, 3.05) is 6.61 Å². The lowest BCUT2D eigenvalue weighted by atomic mass is 10.0. The van der Waals surface area contributed by atoms with Gasteiger partial charge in [-0.15, -0.1) is 11.5 Å². The van der Waals surface area contributed by atoms with Crippen LogP contribution in [0.5, 0.6) is 0 Å². The summed E-state index contributed by atoms with van der Waals surface area (Å²) in [5.41, 5.74) is 3.32. The third-order valence-electron chi connectivity index (χ3n) is 4.18. The van der Waals surface area contributed by atoms with Crippen molar-refractivity contribution >= 4 is 22.4 Å². The van der Waals surface area contributed by atoms with Gasteiger partial charge in [-0.3, -0.25) is 4.79 Å². The van der Waals surface area contributed by atoms with Crippen molar-refractivity contribution in [1.82, 2.24) is 0 Å². The molecule has 0 amide bonds. The number of hydrogen-bond acceptors (Lipinski definition) is 3. The van der Waals surface area contributed by atoms with E-state index in [9.17, 15) is 4.79 Å². The van der Waals surface area contributed by atoms with Gasteiger partial charge in [0.1, 0.15) is 14.7 Å². The molecule has 0 aromatic heterocycles. The first-order valence-corrected chi connectivity index (χ1v) is 14.1. The molecule has 1 aliphatic rings. The van der Waals surface area contributed by atoms with Crippen LogP contribution in [-0.4, -0.2) is 35.1 Å². The number of rotatable bonds is 3. The first-order valence-electron chi connectivity index (χ1n) is 7.68. The van der Waals surface area contributed by atoms with Crippen molar-refractivity contribution in [2.24, 2.45) is 5.92 Å². The molecule has 0 aromatic carbocycles. The van der Waals surface area contributed by atoms with Crippen LogP contribution in [0.25, 0.3) is 0 Å². The lowest BCUT2D eigenvalue weighted by Crippen LogP contribution is -2.45. The highest BCUT2D eigenvalue weighted by molar-refractivity contribution is 6.83. The topological polar surface area (TPSA) is 35.5 Å². The van der Waals surface area contributed by atoms with Gasteiger partial charge in [0.2, 0.25) is 0 Å². The van der Waals surface area contributed by atoms with E-state index in [1.54, 1.807) is 0 Å². The first kappa shape index (κ1) is 18.5. The Kier molecular flexibility index (Phi) is 5.52. The predicted molar refractivity (Wildman–Crippen MR) is 92.3 cm³/mol. The van der Waals surface area contributed by atoms with E-state index >= 15 is 0 Å². The number of ether oxygens (including phenoxy) is 1. The van der Waals surface area contributed by atoms with E-state index in [1.165, 1.54) is 0 Å². The number of cyclic esters (lactones) is 1. The smallest absolute Gasteiger partial charge is 0.312 e. The molecule has 3 nitrogen and oxygen atoms in total. The van der Waals surface area contributed by atoms with E-state index < -0.39 is 16.4 Å². The molecule has 0 radical (unpaired) electrons. The van der Waals surface area contributed by atoms with Crippen LogP contribution >= 0.6 is 0 Å². The van der Waals surface area contributed by atoms with E-state index in [2.05, 4.69) is 65.0 Å². The second-order valence-corrected chi connectivity index (χ2v) is 17.9. The zero-order valence-corrected chi connectivity index (χ0v) is 16.8. The highest BCUT2D eigenvalue weighted by Crippen LogP contribution is 2.39. The minimum absolute atomic E-state index is 0.130. The summed E-state index contributed by atoms with van der Waals surface area (Å²) in [7, 11) is -3.28. The molecule has 120 valence electrons. The molecule has 0 aromatic rings. The van der Waals surface area contributed by atoms with Crippen molar-refractivity contribution in [3.05, 3.63) is 0 Å². The molecule has 0 unspecified atom stereocenters. The maximum Gasteiger partial charge on any atom is 0.312 e. The summed E-state index contributed by atoms with van der Waals surface area (Å²) in [4.78, 5) is 11.9. The Hall–Kier alpha value is -0.576. The second kappa shape index (κ2) is 6.27. The van der Waals surface area contributed by atoms with Gasteiger partial charge in [-0.1, -0.05) is 40.4 Å². The van der Waals surface area contributed by atoms with Gasteiger partial charge in [0.05, 0.1) is 12.0 Å². The third-order valence-corrected chi connectivity index (χ3v) is 9.61. The molecule has 0 N–H and O–H groups in total. The molecule has 1 fully saturated rings. The lowest BCUT2D eigenvalue weighted by Gasteiger charge is -2.38. The molecule has 0 bridgehead atoms. The largest absolute Gasteiger partial charge is 0.463 e. The molecule has 1 aliphatic heterocycles. The summed E-state index contributed by atoms with van der Waals surface area (Å²) >= 11 is 0. The average Bonchev–Trinajstić information content (AvgIpc) is 2.57. The monoisotopic (exact) mass is 326 g/mol. The van der Waals surface area contributed by atoms with E-state index in [1.807, 2.05) is 0 Å². The van der Waals surface area contributed by atoms with Gasteiger partial charge in [0, 0.05) is 6.42 Å². The van der Waals surface area contributed by atoms with Crippen LogP contribution in [0.4, 0.5) is 0 Å². The van der Waals surface area contributed by atoms with E-state index in [-0.39, 0.29) is 23.0 Å². The maximum atomic E-state index is 11.9. The Bertz CT molecular complexity index is 447. The molecule has 1 saturated heterocycles. The van der Waals surface area contributed by atoms with Crippen LogP contribution in [-0.2, 0) is 14.0 Å². The van der Waals surface area contributed by atoms with Crippen molar-refractivity contribution in [3.63, 3.8) is 0 Å². The Balaban J connectivity index is 2.78. The van der Waals surface area contributed by atoms with E-state index in [0.717, 1.165) is 0 Å². The van der Waals surface area contributed by atoms with Crippen molar-refractivity contribution in [2.45, 2.75) is 71.1 Å². The molecule has 0 spiro atoms.